The van der Waals surface area contributed by atoms with Crippen molar-refractivity contribution in [2.75, 3.05) is 20.2 Å². The smallest absolute Gasteiger partial charge is 0.433 e. The standard InChI is InChI=1S/C17H23F3N2O3.H2S/c1-16(2,3)25-15(23)22-6-5-11(10-22)7-12-8-13(17(18,19)20)21-14(9-12)24-4;/h8-9,11H,5-7,10H2,1-4H3;1H2. The van der Waals surface area contributed by atoms with Crippen LogP contribution in [-0.4, -0.2) is 41.8 Å². The molecule has 1 aromatic rings. The number of aromatic nitrogens is 1. The Balaban J connectivity index is 0.00000338. The molecule has 26 heavy (non-hydrogen) atoms. The molecule has 0 radical (unpaired) electrons. The van der Waals surface area contributed by atoms with Gasteiger partial charge in [0.15, 0.2) is 0 Å². The normalized spacial score (nSPS) is 17.7. The fourth-order valence-corrected chi connectivity index (χ4v) is 2.75. The van der Waals surface area contributed by atoms with Gasteiger partial charge in [-0.3, -0.25) is 0 Å². The molecule has 1 aromatic heterocycles. The number of pyridine rings is 1. The summed E-state index contributed by atoms with van der Waals surface area (Å²) in [5, 5.41) is 0. The van der Waals surface area contributed by atoms with Gasteiger partial charge in [-0.2, -0.15) is 26.7 Å². The zero-order valence-electron chi connectivity index (χ0n) is 15.3. The summed E-state index contributed by atoms with van der Waals surface area (Å²) in [4.78, 5) is 17.1. The first kappa shape index (κ1) is 22.4. The van der Waals surface area contributed by atoms with Gasteiger partial charge in [0, 0.05) is 19.2 Å². The zero-order chi connectivity index (χ0) is 18.8. The van der Waals surface area contributed by atoms with Gasteiger partial charge in [-0.25, -0.2) is 9.78 Å². The minimum absolute atomic E-state index is 0. The van der Waals surface area contributed by atoms with Crippen molar-refractivity contribution in [1.29, 1.82) is 0 Å². The Morgan fingerprint density at radius 1 is 1.31 bits per heavy atom. The van der Waals surface area contributed by atoms with Crippen LogP contribution in [0.15, 0.2) is 12.1 Å². The van der Waals surface area contributed by atoms with Crippen molar-refractivity contribution in [3.05, 3.63) is 23.4 Å². The quantitative estimate of drug-likeness (QED) is 0.777. The Bertz CT molecular complexity index is 633. The molecule has 0 saturated carbocycles. The van der Waals surface area contributed by atoms with Gasteiger partial charge in [0.1, 0.15) is 11.3 Å². The Labute approximate surface area is 158 Å². The number of alkyl halides is 3. The van der Waals surface area contributed by atoms with Gasteiger partial charge >= 0.3 is 12.3 Å². The predicted octanol–water partition coefficient (Wildman–Crippen LogP) is 4.02. The van der Waals surface area contributed by atoms with Crippen LogP contribution in [0.25, 0.3) is 0 Å². The maximum Gasteiger partial charge on any atom is 0.433 e. The monoisotopic (exact) mass is 394 g/mol. The first-order valence-corrected chi connectivity index (χ1v) is 8.08. The van der Waals surface area contributed by atoms with Crippen LogP contribution >= 0.6 is 13.5 Å². The van der Waals surface area contributed by atoms with Crippen LogP contribution in [-0.2, 0) is 17.3 Å². The number of ether oxygens (including phenoxy) is 2. The lowest BCUT2D eigenvalue weighted by molar-refractivity contribution is -0.141. The molecule has 0 aliphatic carbocycles. The van der Waals surface area contributed by atoms with Gasteiger partial charge in [-0.15, -0.1) is 0 Å². The molecule has 1 aliphatic rings. The van der Waals surface area contributed by atoms with Crippen LogP contribution < -0.4 is 4.74 Å². The second-order valence-electron chi connectivity index (χ2n) is 7.19. The third kappa shape index (κ3) is 6.26. The summed E-state index contributed by atoms with van der Waals surface area (Å²) in [7, 11) is 1.28. The van der Waals surface area contributed by atoms with Gasteiger partial charge in [-0.05, 0) is 51.2 Å². The highest BCUT2D eigenvalue weighted by molar-refractivity contribution is 7.59. The summed E-state index contributed by atoms with van der Waals surface area (Å²) in [6.45, 7) is 6.37. The molecule has 0 N–H and O–H groups in total. The van der Waals surface area contributed by atoms with E-state index in [1.54, 1.807) is 25.7 Å². The summed E-state index contributed by atoms with van der Waals surface area (Å²) in [5.74, 6) is 0.00697. The minimum atomic E-state index is -4.53. The number of nitrogens with zero attached hydrogens (tertiary/aromatic N) is 2. The molecule has 9 heteroatoms. The average molecular weight is 394 g/mol. The Hall–Kier alpha value is -1.64. The highest BCUT2D eigenvalue weighted by Gasteiger charge is 2.34. The number of rotatable bonds is 3. The van der Waals surface area contributed by atoms with E-state index < -0.39 is 23.6 Å². The third-order valence-corrected chi connectivity index (χ3v) is 3.82. The van der Waals surface area contributed by atoms with Gasteiger partial charge in [0.05, 0.1) is 7.11 Å². The zero-order valence-corrected chi connectivity index (χ0v) is 16.3. The lowest BCUT2D eigenvalue weighted by Crippen LogP contribution is -2.35. The van der Waals surface area contributed by atoms with Crippen LogP contribution in [0.1, 0.15) is 38.4 Å². The molecule has 1 aliphatic heterocycles. The van der Waals surface area contributed by atoms with E-state index in [9.17, 15) is 18.0 Å². The Morgan fingerprint density at radius 2 is 1.96 bits per heavy atom. The molecule has 1 unspecified atom stereocenters. The van der Waals surface area contributed by atoms with Gasteiger partial charge in [-0.1, -0.05) is 0 Å². The lowest BCUT2D eigenvalue weighted by Gasteiger charge is -2.24. The molecule has 1 saturated heterocycles. The van der Waals surface area contributed by atoms with Crippen molar-refractivity contribution in [3.8, 4) is 5.88 Å². The number of carbonyl (C=O) groups is 1. The number of methoxy groups -OCH3 is 1. The molecule has 0 bridgehead atoms. The molecule has 1 amide bonds. The maximum atomic E-state index is 12.9. The van der Waals surface area contributed by atoms with E-state index in [2.05, 4.69) is 4.98 Å². The number of likely N-dealkylation sites (tertiary alicyclic amines) is 1. The summed E-state index contributed by atoms with van der Waals surface area (Å²) < 4.78 is 49.0. The highest BCUT2D eigenvalue weighted by Crippen LogP contribution is 2.31. The topological polar surface area (TPSA) is 51.7 Å². The summed E-state index contributed by atoms with van der Waals surface area (Å²) in [6.07, 6.45) is -3.79. The molecule has 1 atom stereocenters. The van der Waals surface area contributed by atoms with E-state index in [1.807, 2.05) is 0 Å². The van der Waals surface area contributed by atoms with E-state index in [-0.39, 0.29) is 25.3 Å². The second-order valence-corrected chi connectivity index (χ2v) is 7.19. The van der Waals surface area contributed by atoms with Gasteiger partial charge in [0.25, 0.3) is 0 Å². The molecule has 0 aromatic carbocycles. The van der Waals surface area contributed by atoms with E-state index >= 15 is 0 Å². The number of carbonyl (C=O) groups excluding carboxylic acids is 1. The van der Waals surface area contributed by atoms with Crippen LogP contribution in [0.2, 0.25) is 0 Å². The van der Waals surface area contributed by atoms with Crippen molar-refractivity contribution in [2.24, 2.45) is 5.92 Å². The number of hydrogen-bond donors (Lipinski definition) is 0. The number of hydrogen-bond acceptors (Lipinski definition) is 4. The number of amides is 1. The molecule has 5 nitrogen and oxygen atoms in total. The van der Waals surface area contributed by atoms with E-state index in [0.29, 0.717) is 31.5 Å². The first-order chi connectivity index (χ1) is 11.5. The van der Waals surface area contributed by atoms with E-state index in [4.69, 9.17) is 9.47 Å². The van der Waals surface area contributed by atoms with Gasteiger partial charge < -0.3 is 14.4 Å². The largest absolute Gasteiger partial charge is 0.481 e. The van der Waals surface area contributed by atoms with Crippen LogP contribution in [0.5, 0.6) is 5.88 Å². The average Bonchev–Trinajstić information content (AvgIpc) is 2.93. The fraction of sp³-hybridized carbons (Fsp3) is 0.647. The summed E-state index contributed by atoms with van der Waals surface area (Å²) in [6, 6.07) is 2.55. The predicted molar refractivity (Wildman–Crippen MR) is 95.8 cm³/mol. The van der Waals surface area contributed by atoms with Crippen molar-refractivity contribution in [3.63, 3.8) is 0 Å². The van der Waals surface area contributed by atoms with Crippen molar-refractivity contribution >= 4 is 19.6 Å². The SMILES string of the molecule is COc1cc(CC2CCN(C(=O)OC(C)(C)C)C2)cc(C(F)(F)F)n1.S. The Morgan fingerprint density at radius 3 is 2.50 bits per heavy atom. The fourth-order valence-electron chi connectivity index (χ4n) is 2.75. The summed E-state index contributed by atoms with van der Waals surface area (Å²) >= 11 is 0. The first-order valence-electron chi connectivity index (χ1n) is 8.08. The Kier molecular flexibility index (Phi) is 7.21. The third-order valence-electron chi connectivity index (χ3n) is 3.82. The molecule has 148 valence electrons. The second kappa shape index (κ2) is 8.37. The number of halogens is 3. The van der Waals surface area contributed by atoms with Crippen LogP contribution in [0.4, 0.5) is 18.0 Å². The molecule has 2 rings (SSSR count). The maximum absolute atomic E-state index is 12.9. The highest BCUT2D eigenvalue weighted by atomic mass is 32.1. The van der Waals surface area contributed by atoms with E-state index in [1.165, 1.54) is 13.2 Å². The van der Waals surface area contributed by atoms with Crippen LogP contribution in [0, 0.1) is 5.92 Å². The lowest BCUT2D eigenvalue weighted by atomic mass is 9.99. The van der Waals surface area contributed by atoms with E-state index in [0.717, 1.165) is 6.07 Å². The molecule has 0 spiro atoms. The van der Waals surface area contributed by atoms with Crippen molar-refractivity contribution in [2.45, 2.75) is 45.4 Å². The van der Waals surface area contributed by atoms with Crippen molar-refractivity contribution in [1.82, 2.24) is 9.88 Å². The van der Waals surface area contributed by atoms with Crippen LogP contribution in [0.3, 0.4) is 0 Å². The minimum Gasteiger partial charge on any atom is -0.481 e. The summed E-state index contributed by atoms with van der Waals surface area (Å²) in [5.41, 5.74) is -1.05. The molecular formula is C17H25F3N2O3S. The molecule has 2 heterocycles. The van der Waals surface area contributed by atoms with Crippen molar-refractivity contribution < 1.29 is 27.4 Å². The van der Waals surface area contributed by atoms with Gasteiger partial charge in [0.2, 0.25) is 5.88 Å². The molecule has 1 fully saturated rings. The molecular weight excluding hydrogens is 369 g/mol.